The molecular formula is C17H18O. The summed E-state index contributed by atoms with van der Waals surface area (Å²) in [5.74, 6) is 0.674. The van der Waals surface area contributed by atoms with Gasteiger partial charge in [-0.25, -0.2) is 0 Å². The van der Waals surface area contributed by atoms with E-state index in [9.17, 15) is 4.79 Å². The summed E-state index contributed by atoms with van der Waals surface area (Å²) >= 11 is 0. The molecule has 0 saturated carbocycles. The molecule has 2 bridgehead atoms. The van der Waals surface area contributed by atoms with E-state index in [1.54, 1.807) is 0 Å². The summed E-state index contributed by atoms with van der Waals surface area (Å²) in [7, 11) is 0. The lowest BCUT2D eigenvalue weighted by Crippen LogP contribution is -2.38. The lowest BCUT2D eigenvalue weighted by atomic mass is 9.61. The predicted molar refractivity (Wildman–Crippen MR) is 74.1 cm³/mol. The molecule has 1 aromatic carbocycles. The molecular weight excluding hydrogens is 220 g/mol. The molecule has 0 amide bonds. The number of Topliss-reactive ketones (excluding diaryl/α,β-unsaturated/α-hetero) is 1. The normalized spacial score (nSPS) is 30.2. The summed E-state index contributed by atoms with van der Waals surface area (Å²) in [5.41, 5.74) is 4.60. The van der Waals surface area contributed by atoms with Gasteiger partial charge in [-0.3, -0.25) is 4.79 Å². The standard InChI is InChI=1S/C17H18O/c1-11-6-4-5-7-14(11)15-8-13-9-16(18)17(15,3)10-12(13)2/h4-8,10,13H,9H2,1-3H3/t13-,17+/m0/s1. The Kier molecular flexibility index (Phi) is 2.34. The SMILES string of the molecule is CC1=C[C@@]2(C)C(=O)C[C@@H]1C=C2c1ccccc1C. The van der Waals surface area contributed by atoms with Crippen LogP contribution in [-0.2, 0) is 4.79 Å². The van der Waals surface area contributed by atoms with Gasteiger partial charge < -0.3 is 0 Å². The third kappa shape index (κ3) is 1.43. The number of allylic oxidation sites excluding steroid dienone is 4. The summed E-state index contributed by atoms with van der Waals surface area (Å²) in [6, 6.07) is 8.34. The summed E-state index contributed by atoms with van der Waals surface area (Å²) in [5, 5.41) is 0. The summed E-state index contributed by atoms with van der Waals surface area (Å²) in [6.07, 6.45) is 5.15. The third-order valence-electron chi connectivity index (χ3n) is 4.45. The zero-order valence-corrected chi connectivity index (χ0v) is 11.2. The Labute approximate surface area is 108 Å². The first-order chi connectivity index (χ1) is 8.52. The second kappa shape index (κ2) is 3.68. The molecule has 1 aromatic rings. The van der Waals surface area contributed by atoms with E-state index in [0.717, 1.165) is 0 Å². The fourth-order valence-electron chi connectivity index (χ4n) is 3.25. The Balaban J connectivity index is 2.19. The fourth-order valence-corrected chi connectivity index (χ4v) is 3.25. The number of rotatable bonds is 1. The van der Waals surface area contributed by atoms with Crippen molar-refractivity contribution in [1.82, 2.24) is 0 Å². The number of ketones is 1. The smallest absolute Gasteiger partial charge is 0.147 e. The Hall–Kier alpha value is -1.63. The highest BCUT2D eigenvalue weighted by atomic mass is 16.1. The van der Waals surface area contributed by atoms with Gasteiger partial charge in [-0.2, -0.15) is 0 Å². The number of hydrogen-bond donors (Lipinski definition) is 0. The summed E-state index contributed by atoms with van der Waals surface area (Å²) in [6.45, 7) is 6.32. The van der Waals surface area contributed by atoms with Crippen LogP contribution in [0, 0.1) is 18.3 Å². The van der Waals surface area contributed by atoms with Crippen LogP contribution in [0.25, 0.3) is 5.57 Å². The minimum atomic E-state index is -0.412. The van der Waals surface area contributed by atoms with Gasteiger partial charge in [0.25, 0.3) is 0 Å². The number of hydrogen-bond acceptors (Lipinski definition) is 1. The molecule has 4 rings (SSSR count). The van der Waals surface area contributed by atoms with Gasteiger partial charge in [-0.1, -0.05) is 42.0 Å². The molecule has 1 nitrogen and oxygen atoms in total. The lowest BCUT2D eigenvalue weighted by molar-refractivity contribution is -0.124. The van der Waals surface area contributed by atoms with Crippen LogP contribution in [0.5, 0.6) is 0 Å². The van der Waals surface area contributed by atoms with E-state index >= 15 is 0 Å². The van der Waals surface area contributed by atoms with Crippen LogP contribution >= 0.6 is 0 Å². The van der Waals surface area contributed by atoms with E-state index in [0.29, 0.717) is 18.1 Å². The van der Waals surface area contributed by atoms with E-state index < -0.39 is 5.41 Å². The Morgan fingerprint density at radius 2 is 1.94 bits per heavy atom. The van der Waals surface area contributed by atoms with Crippen molar-refractivity contribution in [1.29, 1.82) is 0 Å². The molecule has 0 fully saturated rings. The largest absolute Gasteiger partial charge is 0.298 e. The van der Waals surface area contributed by atoms with Gasteiger partial charge in [-0.05, 0) is 37.5 Å². The van der Waals surface area contributed by atoms with Crippen LogP contribution in [-0.4, -0.2) is 5.78 Å². The molecule has 0 spiro atoms. The van der Waals surface area contributed by atoms with E-state index in [2.05, 4.69) is 51.1 Å². The quantitative estimate of drug-likeness (QED) is 0.677. The van der Waals surface area contributed by atoms with Crippen LogP contribution in [0.4, 0.5) is 0 Å². The second-order valence-electron chi connectivity index (χ2n) is 5.72. The van der Waals surface area contributed by atoms with Gasteiger partial charge in [0.15, 0.2) is 0 Å². The lowest BCUT2D eigenvalue weighted by Gasteiger charge is -2.41. The maximum atomic E-state index is 12.3. The van der Waals surface area contributed by atoms with Crippen molar-refractivity contribution in [2.24, 2.45) is 11.3 Å². The van der Waals surface area contributed by atoms with Gasteiger partial charge in [0.05, 0.1) is 5.41 Å². The average molecular weight is 238 g/mol. The van der Waals surface area contributed by atoms with Gasteiger partial charge in [-0.15, -0.1) is 0 Å². The summed E-state index contributed by atoms with van der Waals surface area (Å²) in [4.78, 5) is 12.3. The van der Waals surface area contributed by atoms with E-state index in [1.807, 2.05) is 6.07 Å². The first kappa shape index (κ1) is 11.5. The van der Waals surface area contributed by atoms with Crippen molar-refractivity contribution >= 4 is 11.4 Å². The molecule has 18 heavy (non-hydrogen) atoms. The van der Waals surface area contributed by atoms with Crippen molar-refractivity contribution in [3.8, 4) is 0 Å². The van der Waals surface area contributed by atoms with E-state index in [1.165, 1.54) is 22.3 Å². The van der Waals surface area contributed by atoms with Gasteiger partial charge in [0, 0.05) is 12.3 Å². The molecule has 1 heteroatoms. The minimum Gasteiger partial charge on any atom is -0.298 e. The highest BCUT2D eigenvalue weighted by molar-refractivity contribution is 6.03. The Morgan fingerprint density at radius 1 is 1.22 bits per heavy atom. The topological polar surface area (TPSA) is 17.1 Å². The van der Waals surface area contributed by atoms with Crippen molar-refractivity contribution < 1.29 is 4.79 Å². The highest BCUT2D eigenvalue weighted by Crippen LogP contribution is 2.50. The first-order valence-corrected chi connectivity index (χ1v) is 6.53. The van der Waals surface area contributed by atoms with Crippen molar-refractivity contribution in [2.45, 2.75) is 27.2 Å². The van der Waals surface area contributed by atoms with Crippen molar-refractivity contribution in [3.05, 3.63) is 53.1 Å². The number of benzene rings is 1. The average Bonchev–Trinajstić information content (AvgIpc) is 2.32. The van der Waals surface area contributed by atoms with Gasteiger partial charge in [0.1, 0.15) is 5.78 Å². The highest BCUT2D eigenvalue weighted by Gasteiger charge is 2.44. The number of carbonyl (C=O) groups is 1. The van der Waals surface area contributed by atoms with Crippen LogP contribution in [0.3, 0.4) is 0 Å². The maximum absolute atomic E-state index is 12.3. The van der Waals surface area contributed by atoms with Crippen LogP contribution < -0.4 is 0 Å². The molecule has 0 N–H and O–H groups in total. The zero-order valence-electron chi connectivity index (χ0n) is 11.2. The van der Waals surface area contributed by atoms with Crippen LogP contribution in [0.1, 0.15) is 31.4 Å². The molecule has 92 valence electrons. The predicted octanol–water partition coefficient (Wildman–Crippen LogP) is 3.93. The zero-order chi connectivity index (χ0) is 12.9. The fraction of sp³-hybridized carbons (Fsp3) is 0.353. The second-order valence-corrected chi connectivity index (χ2v) is 5.72. The molecule has 3 aliphatic rings. The number of aryl methyl sites for hydroxylation is 1. The first-order valence-electron chi connectivity index (χ1n) is 6.53. The number of carbonyl (C=O) groups excluding carboxylic acids is 1. The minimum absolute atomic E-state index is 0.314. The maximum Gasteiger partial charge on any atom is 0.147 e. The van der Waals surface area contributed by atoms with E-state index in [-0.39, 0.29) is 0 Å². The van der Waals surface area contributed by atoms with E-state index in [4.69, 9.17) is 0 Å². The molecule has 0 aliphatic heterocycles. The molecule has 0 aromatic heterocycles. The monoisotopic (exact) mass is 238 g/mol. The molecule has 0 unspecified atom stereocenters. The molecule has 2 atom stereocenters. The third-order valence-corrected chi connectivity index (χ3v) is 4.45. The van der Waals surface area contributed by atoms with Gasteiger partial charge >= 0.3 is 0 Å². The number of fused-ring (bicyclic) bond motifs is 1. The molecule has 0 saturated heterocycles. The molecule has 0 heterocycles. The Morgan fingerprint density at radius 3 is 2.67 bits per heavy atom. The molecule has 3 aliphatic carbocycles. The van der Waals surface area contributed by atoms with Crippen LogP contribution in [0.2, 0.25) is 0 Å². The summed E-state index contributed by atoms with van der Waals surface area (Å²) < 4.78 is 0. The van der Waals surface area contributed by atoms with Crippen molar-refractivity contribution in [3.63, 3.8) is 0 Å². The van der Waals surface area contributed by atoms with Crippen molar-refractivity contribution in [2.75, 3.05) is 0 Å². The Bertz CT molecular complexity index is 591. The van der Waals surface area contributed by atoms with Crippen LogP contribution in [0.15, 0.2) is 42.0 Å². The molecule has 0 radical (unpaired) electrons. The van der Waals surface area contributed by atoms with Gasteiger partial charge in [0.2, 0.25) is 0 Å².